The third-order valence-corrected chi connectivity index (χ3v) is 4.08. The molecule has 2 N–H and O–H groups in total. The number of carbonyl (C=O) groups excluding carboxylic acids is 1. The van der Waals surface area contributed by atoms with Gasteiger partial charge < -0.3 is 15.5 Å². The molecule has 1 amide bonds. The summed E-state index contributed by atoms with van der Waals surface area (Å²) in [6.07, 6.45) is 0.746. The largest absolute Gasteiger partial charge is 0.368 e. The Morgan fingerprint density at radius 1 is 1.19 bits per heavy atom. The molecule has 116 valence electrons. The molecule has 1 aliphatic heterocycles. The van der Waals surface area contributed by atoms with E-state index in [9.17, 15) is 4.79 Å². The van der Waals surface area contributed by atoms with Gasteiger partial charge in [-0.05, 0) is 36.6 Å². The summed E-state index contributed by atoms with van der Waals surface area (Å²) < 4.78 is 0. The first-order chi connectivity index (χ1) is 9.97. The van der Waals surface area contributed by atoms with E-state index in [0.717, 1.165) is 43.3 Å². The highest BCUT2D eigenvalue weighted by molar-refractivity contribution is 6.30. The Kier molecular flexibility index (Phi) is 5.48. The van der Waals surface area contributed by atoms with Crippen molar-refractivity contribution in [2.24, 2.45) is 11.7 Å². The predicted molar refractivity (Wildman–Crippen MR) is 87.7 cm³/mol. The van der Waals surface area contributed by atoms with Gasteiger partial charge in [-0.3, -0.25) is 4.79 Å². The fraction of sp³-hybridized carbons (Fsp3) is 0.562. The normalized spacial score (nSPS) is 17.2. The van der Waals surface area contributed by atoms with Gasteiger partial charge in [0, 0.05) is 36.9 Å². The predicted octanol–water partition coefficient (Wildman–Crippen LogP) is 2.36. The van der Waals surface area contributed by atoms with Crippen LogP contribution in [-0.2, 0) is 4.79 Å². The molecule has 0 spiro atoms. The second kappa shape index (κ2) is 7.14. The molecule has 0 aromatic heterocycles. The molecule has 4 nitrogen and oxygen atoms in total. The number of nitrogens with zero attached hydrogens (tertiary/aromatic N) is 2. The first-order valence-corrected chi connectivity index (χ1v) is 7.90. The van der Waals surface area contributed by atoms with E-state index in [-0.39, 0.29) is 11.9 Å². The van der Waals surface area contributed by atoms with Crippen molar-refractivity contribution in [3.8, 4) is 0 Å². The minimum absolute atomic E-state index is 0.0828. The highest BCUT2D eigenvalue weighted by atomic mass is 35.5. The van der Waals surface area contributed by atoms with E-state index >= 15 is 0 Å². The summed E-state index contributed by atoms with van der Waals surface area (Å²) in [5.74, 6) is 0.527. The Hall–Kier alpha value is -1.26. The van der Waals surface area contributed by atoms with Gasteiger partial charge in [0.25, 0.3) is 0 Å². The molecule has 0 radical (unpaired) electrons. The van der Waals surface area contributed by atoms with E-state index < -0.39 is 0 Å². The van der Waals surface area contributed by atoms with Gasteiger partial charge in [-0.15, -0.1) is 0 Å². The lowest BCUT2D eigenvalue weighted by molar-refractivity contribution is -0.133. The van der Waals surface area contributed by atoms with Crippen LogP contribution in [0.5, 0.6) is 0 Å². The zero-order valence-corrected chi connectivity index (χ0v) is 13.5. The number of rotatable bonds is 4. The summed E-state index contributed by atoms with van der Waals surface area (Å²) in [7, 11) is 0. The fourth-order valence-electron chi connectivity index (χ4n) is 2.68. The SMILES string of the molecule is CC(C)CC(N)C(=O)N1CCN(c2ccc(Cl)cc2)CC1. The van der Waals surface area contributed by atoms with Gasteiger partial charge >= 0.3 is 0 Å². The topological polar surface area (TPSA) is 49.6 Å². The molecular formula is C16H24ClN3O. The monoisotopic (exact) mass is 309 g/mol. The number of hydrogen-bond donors (Lipinski definition) is 1. The summed E-state index contributed by atoms with van der Waals surface area (Å²) in [5, 5.41) is 0.743. The van der Waals surface area contributed by atoms with Gasteiger partial charge in [0.1, 0.15) is 0 Å². The highest BCUT2D eigenvalue weighted by Crippen LogP contribution is 2.19. The van der Waals surface area contributed by atoms with Crippen molar-refractivity contribution in [3.63, 3.8) is 0 Å². The van der Waals surface area contributed by atoms with E-state index in [1.165, 1.54) is 0 Å². The number of hydrogen-bond acceptors (Lipinski definition) is 3. The Labute approximate surface area is 131 Å². The summed E-state index contributed by atoms with van der Waals surface area (Å²) in [4.78, 5) is 16.4. The standard InChI is InChI=1S/C16H24ClN3O/c1-12(2)11-15(18)16(21)20-9-7-19(8-10-20)14-5-3-13(17)4-6-14/h3-6,12,15H,7-11,18H2,1-2H3. The van der Waals surface area contributed by atoms with Crippen LogP contribution in [0.25, 0.3) is 0 Å². The van der Waals surface area contributed by atoms with Crippen LogP contribution in [0.1, 0.15) is 20.3 Å². The van der Waals surface area contributed by atoms with Crippen LogP contribution in [-0.4, -0.2) is 43.0 Å². The maximum atomic E-state index is 12.3. The van der Waals surface area contributed by atoms with Crippen LogP contribution >= 0.6 is 11.6 Å². The number of carbonyl (C=O) groups is 1. The van der Waals surface area contributed by atoms with Gasteiger partial charge in [0.2, 0.25) is 5.91 Å². The van der Waals surface area contributed by atoms with Crippen molar-refractivity contribution in [3.05, 3.63) is 29.3 Å². The van der Waals surface area contributed by atoms with Crippen LogP contribution in [0, 0.1) is 5.92 Å². The molecule has 0 bridgehead atoms. The van der Waals surface area contributed by atoms with Crippen molar-refractivity contribution in [1.29, 1.82) is 0 Å². The summed E-state index contributed by atoms with van der Waals surface area (Å²) in [6, 6.07) is 7.46. The molecule has 1 atom stereocenters. The average Bonchev–Trinajstić information content (AvgIpc) is 2.47. The number of amides is 1. The van der Waals surface area contributed by atoms with Crippen molar-refractivity contribution >= 4 is 23.2 Å². The lowest BCUT2D eigenvalue weighted by atomic mass is 10.0. The Morgan fingerprint density at radius 2 is 1.76 bits per heavy atom. The number of halogens is 1. The highest BCUT2D eigenvalue weighted by Gasteiger charge is 2.25. The number of anilines is 1. The van der Waals surface area contributed by atoms with Gasteiger partial charge in [-0.25, -0.2) is 0 Å². The van der Waals surface area contributed by atoms with E-state index in [1.54, 1.807) is 0 Å². The fourth-order valence-corrected chi connectivity index (χ4v) is 2.81. The molecule has 1 heterocycles. The molecule has 1 saturated heterocycles. The Morgan fingerprint density at radius 3 is 2.29 bits per heavy atom. The smallest absolute Gasteiger partial charge is 0.239 e. The van der Waals surface area contributed by atoms with Crippen LogP contribution in [0.4, 0.5) is 5.69 Å². The molecule has 1 aromatic carbocycles. The third-order valence-electron chi connectivity index (χ3n) is 3.83. The molecule has 5 heteroatoms. The van der Waals surface area contributed by atoms with Crippen molar-refractivity contribution in [2.75, 3.05) is 31.1 Å². The molecule has 0 saturated carbocycles. The zero-order chi connectivity index (χ0) is 15.4. The molecule has 1 unspecified atom stereocenters. The molecular weight excluding hydrogens is 286 g/mol. The van der Waals surface area contributed by atoms with Gasteiger partial charge in [-0.1, -0.05) is 25.4 Å². The number of benzene rings is 1. The van der Waals surface area contributed by atoms with Crippen molar-refractivity contribution < 1.29 is 4.79 Å². The quantitative estimate of drug-likeness (QED) is 0.929. The van der Waals surface area contributed by atoms with Crippen molar-refractivity contribution in [2.45, 2.75) is 26.3 Å². The number of piperazine rings is 1. The zero-order valence-electron chi connectivity index (χ0n) is 12.8. The molecule has 0 aliphatic carbocycles. The van der Waals surface area contributed by atoms with E-state index in [2.05, 4.69) is 18.7 Å². The maximum absolute atomic E-state index is 12.3. The molecule has 2 rings (SSSR count). The minimum Gasteiger partial charge on any atom is -0.368 e. The van der Waals surface area contributed by atoms with E-state index in [4.69, 9.17) is 17.3 Å². The summed E-state index contributed by atoms with van der Waals surface area (Å²) in [6.45, 7) is 7.31. The van der Waals surface area contributed by atoms with Gasteiger partial charge in [0.05, 0.1) is 6.04 Å². The molecule has 21 heavy (non-hydrogen) atoms. The summed E-state index contributed by atoms with van der Waals surface area (Å²) >= 11 is 5.91. The maximum Gasteiger partial charge on any atom is 0.239 e. The average molecular weight is 310 g/mol. The third kappa shape index (κ3) is 4.35. The molecule has 1 aromatic rings. The second-order valence-electron chi connectivity index (χ2n) is 6.02. The number of nitrogens with two attached hydrogens (primary N) is 1. The van der Waals surface area contributed by atoms with Crippen molar-refractivity contribution in [1.82, 2.24) is 4.90 Å². The van der Waals surface area contributed by atoms with Crippen LogP contribution in [0.15, 0.2) is 24.3 Å². The molecule has 1 fully saturated rings. The lowest BCUT2D eigenvalue weighted by Gasteiger charge is -2.37. The molecule has 1 aliphatic rings. The lowest BCUT2D eigenvalue weighted by Crippen LogP contribution is -2.53. The summed E-state index contributed by atoms with van der Waals surface area (Å²) in [5.41, 5.74) is 7.14. The Bertz CT molecular complexity index is 467. The Balaban J connectivity index is 1.88. The first-order valence-electron chi connectivity index (χ1n) is 7.52. The minimum atomic E-state index is -0.368. The van der Waals surface area contributed by atoms with Crippen LogP contribution < -0.4 is 10.6 Å². The van der Waals surface area contributed by atoms with E-state index in [1.807, 2.05) is 29.2 Å². The van der Waals surface area contributed by atoms with E-state index in [0.29, 0.717) is 5.92 Å². The van der Waals surface area contributed by atoms with Crippen LogP contribution in [0.2, 0.25) is 5.02 Å². The van der Waals surface area contributed by atoms with Crippen LogP contribution in [0.3, 0.4) is 0 Å². The first kappa shape index (κ1) is 16.1. The van der Waals surface area contributed by atoms with Gasteiger partial charge in [-0.2, -0.15) is 0 Å². The second-order valence-corrected chi connectivity index (χ2v) is 6.46. The van der Waals surface area contributed by atoms with Gasteiger partial charge in [0.15, 0.2) is 0 Å².